The summed E-state index contributed by atoms with van der Waals surface area (Å²) in [5.41, 5.74) is 3.08. The maximum absolute atomic E-state index is 13.3. The largest absolute Gasteiger partial charge is 0.481 e. The Balaban J connectivity index is 1.45. The van der Waals surface area contributed by atoms with Crippen LogP contribution in [0.2, 0.25) is 0 Å². The van der Waals surface area contributed by atoms with Crippen LogP contribution in [0, 0.1) is 5.92 Å². The fraction of sp³-hybridized carbons (Fsp3) is 0.444. The number of benzene rings is 2. The zero-order valence-electron chi connectivity index (χ0n) is 20.1. The van der Waals surface area contributed by atoms with Crippen molar-refractivity contribution in [1.82, 2.24) is 10.6 Å². The number of amides is 2. The Labute approximate surface area is 205 Å². The van der Waals surface area contributed by atoms with Crippen LogP contribution in [0.1, 0.15) is 49.7 Å². The number of alkyl carbamates (subject to hydrolysis) is 1. The number of methoxy groups -OCH3 is 1. The van der Waals surface area contributed by atoms with Gasteiger partial charge in [-0.15, -0.1) is 0 Å². The molecule has 0 heterocycles. The Morgan fingerprint density at radius 3 is 2.17 bits per heavy atom. The van der Waals surface area contributed by atoms with Crippen LogP contribution >= 0.6 is 0 Å². The van der Waals surface area contributed by atoms with E-state index in [4.69, 9.17) is 9.47 Å². The highest BCUT2D eigenvalue weighted by molar-refractivity contribution is 5.90. The van der Waals surface area contributed by atoms with Gasteiger partial charge in [0.15, 0.2) is 0 Å². The Bertz CT molecular complexity index is 1050. The SMILES string of the molecule is CCC(COC)(NC(=O)OCC1c2ccccc2-c2ccccc21)C(=O)NC(CC(=O)O)C1CC1. The minimum absolute atomic E-state index is 0.0655. The number of carbonyl (C=O) groups excluding carboxylic acids is 2. The van der Waals surface area contributed by atoms with E-state index in [1.165, 1.54) is 7.11 Å². The Kier molecular flexibility index (Phi) is 7.40. The van der Waals surface area contributed by atoms with Gasteiger partial charge in [-0.05, 0) is 47.4 Å². The van der Waals surface area contributed by atoms with E-state index in [1.807, 2.05) is 36.4 Å². The first kappa shape index (κ1) is 24.7. The zero-order valence-corrected chi connectivity index (χ0v) is 20.1. The minimum Gasteiger partial charge on any atom is -0.481 e. The molecule has 35 heavy (non-hydrogen) atoms. The summed E-state index contributed by atoms with van der Waals surface area (Å²) in [4.78, 5) is 37.5. The Hall–Kier alpha value is -3.39. The molecule has 2 atom stereocenters. The van der Waals surface area contributed by atoms with E-state index in [9.17, 15) is 19.5 Å². The normalized spacial score (nSPS) is 17.0. The summed E-state index contributed by atoms with van der Waals surface area (Å²) in [6.45, 7) is 1.83. The van der Waals surface area contributed by atoms with Crippen molar-refractivity contribution in [2.75, 3.05) is 20.3 Å². The second-order valence-electron chi connectivity index (χ2n) is 9.33. The highest BCUT2D eigenvalue weighted by Gasteiger charge is 2.43. The monoisotopic (exact) mass is 480 g/mol. The van der Waals surface area contributed by atoms with Crippen molar-refractivity contribution in [3.8, 4) is 11.1 Å². The third-order valence-electron chi connectivity index (χ3n) is 7.02. The molecule has 2 amide bonds. The van der Waals surface area contributed by atoms with E-state index in [-0.39, 0.29) is 37.9 Å². The van der Waals surface area contributed by atoms with Gasteiger partial charge in [0, 0.05) is 19.1 Å². The quantitative estimate of drug-likeness (QED) is 0.452. The van der Waals surface area contributed by atoms with Crippen molar-refractivity contribution < 1.29 is 29.0 Å². The molecule has 2 aliphatic rings. The van der Waals surface area contributed by atoms with Crippen LogP contribution in [0.5, 0.6) is 0 Å². The van der Waals surface area contributed by atoms with Crippen molar-refractivity contribution in [1.29, 1.82) is 0 Å². The highest BCUT2D eigenvalue weighted by atomic mass is 16.5. The van der Waals surface area contributed by atoms with Gasteiger partial charge in [0.05, 0.1) is 13.0 Å². The van der Waals surface area contributed by atoms with Crippen LogP contribution in [0.4, 0.5) is 4.79 Å². The average Bonchev–Trinajstić information content (AvgIpc) is 3.65. The van der Waals surface area contributed by atoms with Gasteiger partial charge in [-0.3, -0.25) is 9.59 Å². The van der Waals surface area contributed by atoms with Crippen molar-refractivity contribution >= 4 is 18.0 Å². The number of nitrogens with one attached hydrogen (secondary N) is 2. The number of carboxylic acid groups (broad SMARTS) is 1. The molecule has 0 spiro atoms. The minimum atomic E-state index is -1.37. The maximum atomic E-state index is 13.3. The molecular weight excluding hydrogens is 448 g/mol. The molecule has 8 nitrogen and oxygen atoms in total. The molecule has 2 aromatic carbocycles. The lowest BCUT2D eigenvalue weighted by atomic mass is 9.94. The molecule has 2 aliphatic carbocycles. The van der Waals surface area contributed by atoms with Gasteiger partial charge in [0.2, 0.25) is 5.91 Å². The molecule has 0 bridgehead atoms. The predicted molar refractivity (Wildman–Crippen MR) is 130 cm³/mol. The predicted octanol–water partition coefficient (Wildman–Crippen LogP) is 3.69. The molecule has 3 N–H and O–H groups in total. The standard InChI is InChI=1S/C27H32N2O6/c1-3-27(16-34-2,25(32)28-23(14-24(30)31)17-12-13-17)29-26(33)35-15-22-20-10-6-4-8-18(20)19-9-5-7-11-21(19)22/h4-11,17,22-23H,3,12-16H2,1-2H3,(H,28,32)(H,29,33)(H,30,31). The molecule has 0 saturated heterocycles. The van der Waals surface area contributed by atoms with Crippen LogP contribution < -0.4 is 10.6 Å². The molecular formula is C27H32N2O6. The lowest BCUT2D eigenvalue weighted by molar-refractivity contribution is -0.138. The molecule has 0 aliphatic heterocycles. The molecule has 2 aromatic rings. The molecule has 4 rings (SSSR count). The summed E-state index contributed by atoms with van der Waals surface area (Å²) in [5, 5.41) is 14.8. The lowest BCUT2D eigenvalue weighted by Crippen LogP contribution is -2.63. The van der Waals surface area contributed by atoms with Gasteiger partial charge >= 0.3 is 12.1 Å². The van der Waals surface area contributed by atoms with Gasteiger partial charge in [0.1, 0.15) is 12.1 Å². The van der Waals surface area contributed by atoms with Crippen molar-refractivity contribution in [3.63, 3.8) is 0 Å². The van der Waals surface area contributed by atoms with E-state index >= 15 is 0 Å². The highest BCUT2D eigenvalue weighted by Crippen LogP contribution is 2.44. The van der Waals surface area contributed by atoms with E-state index in [1.54, 1.807) is 6.92 Å². The summed E-state index contributed by atoms with van der Waals surface area (Å²) in [6.07, 6.45) is 1.13. The average molecular weight is 481 g/mol. The van der Waals surface area contributed by atoms with Gasteiger partial charge < -0.3 is 25.2 Å². The number of ether oxygens (including phenoxy) is 2. The molecule has 1 saturated carbocycles. The summed E-state index contributed by atoms with van der Waals surface area (Å²) in [5.74, 6) is -1.40. The Morgan fingerprint density at radius 1 is 1.06 bits per heavy atom. The molecule has 1 fully saturated rings. The summed E-state index contributed by atoms with van der Waals surface area (Å²) >= 11 is 0. The number of carboxylic acids is 1. The van der Waals surface area contributed by atoms with Crippen LogP contribution in [0.15, 0.2) is 48.5 Å². The molecule has 8 heteroatoms. The smallest absolute Gasteiger partial charge is 0.408 e. The first-order valence-corrected chi connectivity index (χ1v) is 12.0. The molecule has 0 aromatic heterocycles. The zero-order chi connectivity index (χ0) is 25.0. The van der Waals surface area contributed by atoms with Gasteiger partial charge in [-0.2, -0.15) is 0 Å². The molecule has 2 unspecified atom stereocenters. The fourth-order valence-electron chi connectivity index (χ4n) is 4.91. The maximum Gasteiger partial charge on any atom is 0.408 e. The first-order chi connectivity index (χ1) is 16.9. The van der Waals surface area contributed by atoms with Gasteiger partial charge in [0.25, 0.3) is 0 Å². The number of aliphatic carboxylic acids is 1. The summed E-state index contributed by atoms with van der Waals surface area (Å²) in [7, 11) is 1.45. The number of carbonyl (C=O) groups is 3. The van der Waals surface area contributed by atoms with Crippen LogP contribution in [-0.4, -0.2) is 55.0 Å². The van der Waals surface area contributed by atoms with Crippen LogP contribution in [0.25, 0.3) is 11.1 Å². The van der Waals surface area contributed by atoms with Crippen molar-refractivity contribution in [2.45, 2.75) is 50.1 Å². The topological polar surface area (TPSA) is 114 Å². The Morgan fingerprint density at radius 2 is 1.66 bits per heavy atom. The van der Waals surface area contributed by atoms with E-state index in [0.717, 1.165) is 35.1 Å². The van der Waals surface area contributed by atoms with Crippen LogP contribution in [-0.2, 0) is 19.1 Å². The van der Waals surface area contributed by atoms with E-state index < -0.39 is 29.6 Å². The number of fused-ring (bicyclic) bond motifs is 3. The molecule has 186 valence electrons. The van der Waals surface area contributed by atoms with E-state index in [0.29, 0.717) is 0 Å². The summed E-state index contributed by atoms with van der Waals surface area (Å²) < 4.78 is 10.9. The number of hydrogen-bond acceptors (Lipinski definition) is 5. The van der Waals surface area contributed by atoms with Crippen molar-refractivity contribution in [2.24, 2.45) is 5.92 Å². The van der Waals surface area contributed by atoms with E-state index in [2.05, 4.69) is 22.8 Å². The third-order valence-corrected chi connectivity index (χ3v) is 7.02. The van der Waals surface area contributed by atoms with Gasteiger partial charge in [-0.25, -0.2) is 4.79 Å². The molecule has 0 radical (unpaired) electrons. The summed E-state index contributed by atoms with van der Waals surface area (Å²) in [6, 6.07) is 15.6. The van der Waals surface area contributed by atoms with Crippen LogP contribution in [0.3, 0.4) is 0 Å². The fourth-order valence-corrected chi connectivity index (χ4v) is 4.91. The number of rotatable bonds is 11. The second-order valence-corrected chi connectivity index (χ2v) is 9.33. The van der Waals surface area contributed by atoms with Gasteiger partial charge in [-0.1, -0.05) is 55.5 Å². The second kappa shape index (κ2) is 10.5. The first-order valence-electron chi connectivity index (χ1n) is 12.0. The lowest BCUT2D eigenvalue weighted by Gasteiger charge is -2.33. The van der Waals surface area contributed by atoms with Crippen molar-refractivity contribution in [3.05, 3.63) is 59.7 Å². The number of hydrogen-bond donors (Lipinski definition) is 3. The third kappa shape index (κ3) is 5.32.